The van der Waals surface area contributed by atoms with Gasteiger partial charge in [-0.25, -0.2) is 0 Å². The van der Waals surface area contributed by atoms with Crippen LogP contribution in [0.1, 0.15) is 12.8 Å². The molecule has 0 aromatic rings. The van der Waals surface area contributed by atoms with Crippen LogP contribution < -0.4 is 16.8 Å². The fourth-order valence-electron chi connectivity index (χ4n) is 0.873. The molecule has 0 saturated carbocycles. The van der Waals surface area contributed by atoms with Gasteiger partial charge in [0.1, 0.15) is 5.37 Å². The Kier molecular flexibility index (Phi) is 6.17. The van der Waals surface area contributed by atoms with E-state index in [1.807, 2.05) is 0 Å². The van der Waals surface area contributed by atoms with Crippen molar-refractivity contribution in [1.29, 1.82) is 0 Å². The number of hydrogen-bond acceptors (Lipinski definition) is 5. The maximum atomic E-state index is 10.7. The van der Waals surface area contributed by atoms with Crippen LogP contribution in [0.4, 0.5) is 0 Å². The van der Waals surface area contributed by atoms with E-state index in [1.165, 1.54) is 0 Å². The van der Waals surface area contributed by atoms with Gasteiger partial charge in [-0.1, -0.05) is 0 Å². The molecule has 0 aliphatic rings. The Balaban J connectivity index is 3.96. The Bertz CT molecular complexity index is 217. The fraction of sp³-hybridized carbons (Fsp3) is 1.00. The van der Waals surface area contributed by atoms with Gasteiger partial charge >= 0.3 is 0 Å². The van der Waals surface area contributed by atoms with E-state index in [1.54, 1.807) is 0 Å². The molecule has 6 nitrogen and oxygen atoms in total. The summed E-state index contributed by atoms with van der Waals surface area (Å²) in [5, 5.41) is 1.70. The molecule has 80 valence electrons. The van der Waals surface area contributed by atoms with Gasteiger partial charge < -0.3 is 11.5 Å². The summed E-state index contributed by atoms with van der Waals surface area (Å²) in [7, 11) is -4.04. The molecule has 0 amide bonds. The predicted molar refractivity (Wildman–Crippen MR) is 50.7 cm³/mol. The highest BCUT2D eigenvalue weighted by atomic mass is 32.2. The third-order valence-electron chi connectivity index (χ3n) is 1.54. The van der Waals surface area contributed by atoms with E-state index in [2.05, 4.69) is 5.32 Å². The Morgan fingerprint density at radius 3 is 2.31 bits per heavy atom. The lowest BCUT2D eigenvalue weighted by Gasteiger charge is -2.14. The van der Waals surface area contributed by atoms with Gasteiger partial charge in [0.25, 0.3) is 10.1 Å². The lowest BCUT2D eigenvalue weighted by atomic mass is 10.4. The van der Waals surface area contributed by atoms with Crippen molar-refractivity contribution in [1.82, 2.24) is 5.32 Å². The second-order valence-electron chi connectivity index (χ2n) is 2.68. The van der Waals surface area contributed by atoms with E-state index in [-0.39, 0.29) is 13.0 Å². The van der Waals surface area contributed by atoms with Crippen LogP contribution in [0, 0.1) is 0 Å². The highest BCUT2D eigenvalue weighted by Crippen LogP contribution is 1.98. The van der Waals surface area contributed by atoms with Gasteiger partial charge in [0.15, 0.2) is 0 Å². The van der Waals surface area contributed by atoms with Gasteiger partial charge in [0.2, 0.25) is 0 Å². The van der Waals surface area contributed by atoms with Crippen molar-refractivity contribution in [3.63, 3.8) is 0 Å². The molecule has 13 heavy (non-hydrogen) atoms. The third kappa shape index (κ3) is 5.94. The van der Waals surface area contributed by atoms with Gasteiger partial charge in [-0.2, -0.15) is 8.42 Å². The molecule has 0 spiro atoms. The Labute approximate surface area is 78.4 Å². The molecule has 7 heteroatoms. The molecular weight excluding hydrogens is 194 g/mol. The van der Waals surface area contributed by atoms with Crippen molar-refractivity contribution in [2.75, 3.05) is 19.6 Å². The second-order valence-corrected chi connectivity index (χ2v) is 4.28. The van der Waals surface area contributed by atoms with Crippen molar-refractivity contribution < 1.29 is 13.0 Å². The molecule has 0 aliphatic carbocycles. The highest BCUT2D eigenvalue weighted by molar-refractivity contribution is 7.86. The van der Waals surface area contributed by atoms with E-state index in [0.29, 0.717) is 19.5 Å². The molecule has 1 atom stereocenters. The van der Waals surface area contributed by atoms with E-state index in [9.17, 15) is 8.42 Å². The molecule has 0 aliphatic heterocycles. The molecule has 0 rings (SSSR count). The summed E-state index contributed by atoms with van der Waals surface area (Å²) in [6, 6.07) is 0. The molecule has 0 aromatic carbocycles. The molecule has 0 heterocycles. The van der Waals surface area contributed by atoms with Crippen LogP contribution in [0.2, 0.25) is 0 Å². The van der Waals surface area contributed by atoms with Crippen LogP contribution >= 0.6 is 0 Å². The van der Waals surface area contributed by atoms with Crippen LogP contribution in [0.25, 0.3) is 0 Å². The zero-order valence-electron chi connectivity index (χ0n) is 7.44. The predicted octanol–water partition coefficient (Wildman–Crippen LogP) is -1.51. The maximum Gasteiger partial charge on any atom is 0.281 e. The molecule has 0 radical (unpaired) electrons. The Morgan fingerprint density at radius 2 is 1.92 bits per heavy atom. The highest BCUT2D eigenvalue weighted by Gasteiger charge is 2.20. The first-order valence-corrected chi connectivity index (χ1v) is 5.62. The zero-order chi connectivity index (χ0) is 10.3. The van der Waals surface area contributed by atoms with Crippen LogP contribution in [-0.4, -0.2) is 38.0 Å². The fourth-order valence-corrected chi connectivity index (χ4v) is 1.64. The van der Waals surface area contributed by atoms with E-state index in [4.69, 9.17) is 16.0 Å². The van der Waals surface area contributed by atoms with E-state index in [0.717, 1.165) is 0 Å². The number of rotatable bonds is 7. The summed E-state index contributed by atoms with van der Waals surface area (Å²) in [6.07, 6.45) is 0.861. The first kappa shape index (κ1) is 12.8. The van der Waals surface area contributed by atoms with Gasteiger partial charge in [-0.3, -0.25) is 9.87 Å². The first-order valence-electron chi connectivity index (χ1n) is 4.12. The average molecular weight is 211 g/mol. The molecule has 0 fully saturated rings. The van der Waals surface area contributed by atoms with E-state index >= 15 is 0 Å². The number of nitrogens with one attached hydrogen (secondary N) is 1. The summed E-state index contributed by atoms with van der Waals surface area (Å²) in [5.41, 5.74) is 10.4. The normalized spacial score (nSPS) is 14.4. The van der Waals surface area contributed by atoms with Crippen molar-refractivity contribution in [3.05, 3.63) is 0 Å². The lowest BCUT2D eigenvalue weighted by molar-refractivity contribution is 0.441. The standard InChI is InChI=1S/C6H17N3O3S/c7-3-1-5-9-6(2-4-8)13(10,11)12/h6,9H,1-5,7-8H2,(H,10,11,12). The van der Waals surface area contributed by atoms with E-state index < -0.39 is 15.5 Å². The smallest absolute Gasteiger partial charge is 0.281 e. The molecular formula is C6H17N3O3S. The summed E-state index contributed by atoms with van der Waals surface area (Å²) < 4.78 is 30.2. The Hall–Kier alpha value is -0.210. The van der Waals surface area contributed by atoms with Gasteiger partial charge in [-0.05, 0) is 32.5 Å². The maximum absolute atomic E-state index is 10.7. The minimum atomic E-state index is -4.04. The Morgan fingerprint density at radius 1 is 1.31 bits per heavy atom. The summed E-state index contributed by atoms with van der Waals surface area (Å²) >= 11 is 0. The zero-order valence-corrected chi connectivity index (χ0v) is 8.26. The molecule has 0 saturated heterocycles. The summed E-state index contributed by atoms with van der Waals surface area (Å²) in [5.74, 6) is 0. The minimum absolute atomic E-state index is 0.198. The topological polar surface area (TPSA) is 118 Å². The SMILES string of the molecule is NCCCNC(CCN)S(=O)(=O)O. The van der Waals surface area contributed by atoms with Crippen LogP contribution in [0.3, 0.4) is 0 Å². The average Bonchev–Trinajstić information content (AvgIpc) is 2.01. The van der Waals surface area contributed by atoms with Crippen LogP contribution in [-0.2, 0) is 10.1 Å². The first-order chi connectivity index (χ1) is 6.02. The molecule has 1 unspecified atom stereocenters. The van der Waals surface area contributed by atoms with Gasteiger partial charge in [0, 0.05) is 0 Å². The van der Waals surface area contributed by atoms with Crippen LogP contribution in [0.5, 0.6) is 0 Å². The van der Waals surface area contributed by atoms with Crippen molar-refractivity contribution in [2.24, 2.45) is 11.5 Å². The van der Waals surface area contributed by atoms with Gasteiger partial charge in [-0.15, -0.1) is 0 Å². The minimum Gasteiger partial charge on any atom is -0.330 e. The molecule has 0 bridgehead atoms. The van der Waals surface area contributed by atoms with Crippen LogP contribution in [0.15, 0.2) is 0 Å². The quantitative estimate of drug-likeness (QED) is 0.300. The van der Waals surface area contributed by atoms with Crippen molar-refractivity contribution >= 4 is 10.1 Å². The van der Waals surface area contributed by atoms with Crippen molar-refractivity contribution in [3.8, 4) is 0 Å². The number of hydrogen-bond donors (Lipinski definition) is 4. The summed E-state index contributed by atoms with van der Waals surface area (Å²) in [6.45, 7) is 1.15. The second kappa shape index (κ2) is 6.28. The lowest BCUT2D eigenvalue weighted by Crippen LogP contribution is -2.39. The number of nitrogens with two attached hydrogens (primary N) is 2. The third-order valence-corrected chi connectivity index (χ3v) is 2.66. The van der Waals surface area contributed by atoms with Gasteiger partial charge in [0.05, 0.1) is 0 Å². The van der Waals surface area contributed by atoms with Crippen molar-refractivity contribution in [2.45, 2.75) is 18.2 Å². The summed E-state index contributed by atoms with van der Waals surface area (Å²) in [4.78, 5) is 0. The molecule has 0 aromatic heterocycles. The molecule has 6 N–H and O–H groups in total. The largest absolute Gasteiger partial charge is 0.330 e. The monoisotopic (exact) mass is 211 g/mol.